The molecule has 0 amide bonds. The summed E-state index contributed by atoms with van der Waals surface area (Å²) in [5.41, 5.74) is 1.49. The molecule has 1 rings (SSSR count). The van der Waals surface area contributed by atoms with Crippen molar-refractivity contribution >= 4 is 0 Å². The molecule has 0 aliphatic heterocycles. The smallest absolute Gasteiger partial charge is 0.0593 e. The van der Waals surface area contributed by atoms with E-state index >= 15 is 0 Å². The van der Waals surface area contributed by atoms with E-state index in [0.717, 1.165) is 32.8 Å². The van der Waals surface area contributed by atoms with Crippen LogP contribution in [0.4, 0.5) is 0 Å². The zero-order valence-electron chi connectivity index (χ0n) is 12.8. The van der Waals surface area contributed by atoms with Gasteiger partial charge in [0.15, 0.2) is 0 Å². The van der Waals surface area contributed by atoms with Crippen molar-refractivity contribution in [1.29, 1.82) is 0 Å². The molecule has 108 valence electrons. The van der Waals surface area contributed by atoms with Gasteiger partial charge in [0.1, 0.15) is 0 Å². The first kappa shape index (κ1) is 16.2. The van der Waals surface area contributed by atoms with E-state index in [4.69, 9.17) is 4.74 Å². The third kappa shape index (κ3) is 7.98. The predicted octanol–water partition coefficient (Wildman–Crippen LogP) is 2.38. The summed E-state index contributed by atoms with van der Waals surface area (Å²) >= 11 is 0. The average molecular weight is 264 g/mol. The Hall–Kier alpha value is -0.900. The quantitative estimate of drug-likeness (QED) is 0.693. The van der Waals surface area contributed by atoms with Gasteiger partial charge < -0.3 is 15.0 Å². The third-order valence-corrected chi connectivity index (χ3v) is 2.95. The standard InChI is InChI=1S/C16H28N2O/c1-16(2,14-19-11-10-18(3)4)13-17-12-15-8-6-5-7-9-15/h5-9,17H,10-14H2,1-4H3. The van der Waals surface area contributed by atoms with Crippen LogP contribution in [0.1, 0.15) is 19.4 Å². The Bertz CT molecular complexity index is 336. The number of likely N-dealkylation sites (N-methyl/N-ethyl adjacent to an activating group) is 1. The molecule has 1 aromatic carbocycles. The highest BCUT2D eigenvalue weighted by molar-refractivity contribution is 5.14. The summed E-state index contributed by atoms with van der Waals surface area (Å²) in [6.45, 7) is 8.93. The minimum Gasteiger partial charge on any atom is -0.380 e. The van der Waals surface area contributed by atoms with Crippen LogP contribution in [0, 0.1) is 5.41 Å². The van der Waals surface area contributed by atoms with Gasteiger partial charge in [0.05, 0.1) is 13.2 Å². The van der Waals surface area contributed by atoms with Crippen molar-refractivity contribution in [2.24, 2.45) is 5.41 Å². The lowest BCUT2D eigenvalue weighted by Crippen LogP contribution is -2.33. The van der Waals surface area contributed by atoms with Crippen LogP contribution in [0.5, 0.6) is 0 Å². The summed E-state index contributed by atoms with van der Waals surface area (Å²) in [4.78, 5) is 2.14. The molecule has 3 nitrogen and oxygen atoms in total. The van der Waals surface area contributed by atoms with Crippen LogP contribution in [0.15, 0.2) is 30.3 Å². The first-order valence-electron chi connectivity index (χ1n) is 6.97. The molecule has 0 spiro atoms. The van der Waals surface area contributed by atoms with Crippen molar-refractivity contribution in [1.82, 2.24) is 10.2 Å². The Labute approximate surface area is 118 Å². The van der Waals surface area contributed by atoms with Crippen molar-refractivity contribution in [3.05, 3.63) is 35.9 Å². The van der Waals surface area contributed by atoms with E-state index in [1.54, 1.807) is 0 Å². The molecule has 0 aliphatic carbocycles. The van der Waals surface area contributed by atoms with Gasteiger partial charge in [-0.2, -0.15) is 0 Å². The maximum absolute atomic E-state index is 5.73. The van der Waals surface area contributed by atoms with Gasteiger partial charge >= 0.3 is 0 Å². The maximum atomic E-state index is 5.73. The highest BCUT2D eigenvalue weighted by atomic mass is 16.5. The molecular formula is C16H28N2O. The number of nitrogens with zero attached hydrogens (tertiary/aromatic N) is 1. The number of nitrogens with one attached hydrogen (secondary N) is 1. The number of hydrogen-bond acceptors (Lipinski definition) is 3. The lowest BCUT2D eigenvalue weighted by atomic mass is 9.95. The Balaban J connectivity index is 2.16. The third-order valence-electron chi connectivity index (χ3n) is 2.95. The second-order valence-corrected chi connectivity index (χ2v) is 6.11. The summed E-state index contributed by atoms with van der Waals surface area (Å²) in [6.07, 6.45) is 0. The summed E-state index contributed by atoms with van der Waals surface area (Å²) in [5, 5.41) is 3.50. The van der Waals surface area contributed by atoms with Crippen LogP contribution in [-0.2, 0) is 11.3 Å². The van der Waals surface area contributed by atoms with Gasteiger partial charge in [-0.3, -0.25) is 0 Å². The van der Waals surface area contributed by atoms with E-state index < -0.39 is 0 Å². The van der Waals surface area contributed by atoms with Gasteiger partial charge in [-0.1, -0.05) is 44.2 Å². The van der Waals surface area contributed by atoms with Gasteiger partial charge in [0, 0.05) is 25.0 Å². The summed E-state index contributed by atoms with van der Waals surface area (Å²) in [6, 6.07) is 10.5. The first-order chi connectivity index (χ1) is 8.99. The number of rotatable bonds is 9. The zero-order valence-corrected chi connectivity index (χ0v) is 12.8. The molecular weight excluding hydrogens is 236 g/mol. The largest absolute Gasteiger partial charge is 0.380 e. The summed E-state index contributed by atoms with van der Waals surface area (Å²) in [5.74, 6) is 0. The Morgan fingerprint density at radius 2 is 1.84 bits per heavy atom. The minimum atomic E-state index is 0.168. The molecule has 0 aromatic heterocycles. The number of hydrogen-bond donors (Lipinski definition) is 1. The molecule has 1 aromatic rings. The van der Waals surface area contributed by atoms with E-state index in [0.29, 0.717) is 0 Å². The van der Waals surface area contributed by atoms with Crippen molar-refractivity contribution in [2.75, 3.05) is 40.4 Å². The van der Waals surface area contributed by atoms with E-state index in [1.165, 1.54) is 5.56 Å². The van der Waals surface area contributed by atoms with Crippen molar-refractivity contribution in [2.45, 2.75) is 20.4 Å². The molecule has 0 aliphatic rings. The Kier molecular flexibility index (Phi) is 7.06. The van der Waals surface area contributed by atoms with Crippen LogP contribution < -0.4 is 5.32 Å². The van der Waals surface area contributed by atoms with E-state index in [9.17, 15) is 0 Å². The van der Waals surface area contributed by atoms with Crippen LogP contribution in [0.25, 0.3) is 0 Å². The number of ether oxygens (including phenoxy) is 1. The molecule has 0 heterocycles. The fourth-order valence-corrected chi connectivity index (χ4v) is 1.79. The lowest BCUT2D eigenvalue weighted by Gasteiger charge is -2.25. The fourth-order valence-electron chi connectivity index (χ4n) is 1.79. The molecule has 0 bridgehead atoms. The van der Waals surface area contributed by atoms with Crippen LogP contribution in [0.3, 0.4) is 0 Å². The summed E-state index contributed by atoms with van der Waals surface area (Å²) < 4.78 is 5.73. The van der Waals surface area contributed by atoms with Crippen LogP contribution >= 0.6 is 0 Å². The Morgan fingerprint density at radius 1 is 1.16 bits per heavy atom. The summed E-state index contributed by atoms with van der Waals surface area (Å²) in [7, 11) is 4.13. The topological polar surface area (TPSA) is 24.5 Å². The number of benzene rings is 1. The van der Waals surface area contributed by atoms with Crippen molar-refractivity contribution in [3.63, 3.8) is 0 Å². The molecule has 1 N–H and O–H groups in total. The predicted molar refractivity (Wildman–Crippen MR) is 81.3 cm³/mol. The molecule has 3 heteroatoms. The highest BCUT2D eigenvalue weighted by Gasteiger charge is 2.17. The van der Waals surface area contributed by atoms with E-state index in [2.05, 4.69) is 62.4 Å². The Morgan fingerprint density at radius 3 is 2.47 bits per heavy atom. The minimum absolute atomic E-state index is 0.168. The van der Waals surface area contributed by atoms with Crippen LogP contribution in [-0.4, -0.2) is 45.3 Å². The molecule has 19 heavy (non-hydrogen) atoms. The van der Waals surface area contributed by atoms with E-state index in [1.807, 2.05) is 6.07 Å². The van der Waals surface area contributed by atoms with Crippen molar-refractivity contribution < 1.29 is 4.74 Å². The monoisotopic (exact) mass is 264 g/mol. The lowest BCUT2D eigenvalue weighted by molar-refractivity contribution is 0.0536. The first-order valence-corrected chi connectivity index (χ1v) is 6.97. The molecule has 0 saturated heterocycles. The normalized spacial score (nSPS) is 12.1. The zero-order chi connectivity index (χ0) is 14.1. The van der Waals surface area contributed by atoms with Gasteiger partial charge in [-0.25, -0.2) is 0 Å². The second-order valence-electron chi connectivity index (χ2n) is 6.11. The van der Waals surface area contributed by atoms with Gasteiger partial charge in [-0.05, 0) is 19.7 Å². The van der Waals surface area contributed by atoms with Gasteiger partial charge in [0.25, 0.3) is 0 Å². The second kappa shape index (κ2) is 8.31. The highest BCUT2D eigenvalue weighted by Crippen LogP contribution is 2.14. The molecule has 0 atom stereocenters. The van der Waals surface area contributed by atoms with Gasteiger partial charge in [-0.15, -0.1) is 0 Å². The molecule has 0 fully saturated rings. The SMILES string of the molecule is CN(C)CCOCC(C)(C)CNCc1ccccc1. The molecule has 0 saturated carbocycles. The van der Waals surface area contributed by atoms with Crippen molar-refractivity contribution in [3.8, 4) is 0 Å². The molecule has 0 radical (unpaired) electrons. The van der Waals surface area contributed by atoms with Crippen LogP contribution in [0.2, 0.25) is 0 Å². The molecule has 0 unspecified atom stereocenters. The average Bonchev–Trinajstić information content (AvgIpc) is 2.36. The maximum Gasteiger partial charge on any atom is 0.0593 e. The van der Waals surface area contributed by atoms with Gasteiger partial charge in [0.2, 0.25) is 0 Å². The fraction of sp³-hybridized carbons (Fsp3) is 0.625. The van der Waals surface area contributed by atoms with E-state index in [-0.39, 0.29) is 5.41 Å².